The third-order valence-electron chi connectivity index (χ3n) is 5.34. The Labute approximate surface area is 188 Å². The molecule has 0 radical (unpaired) electrons. The van der Waals surface area contributed by atoms with Crippen LogP contribution in [0.15, 0.2) is 53.4 Å². The Bertz CT molecular complexity index is 994. The number of nitrogens with zero attached hydrogens (tertiary/aromatic N) is 1. The maximum atomic E-state index is 12.4. The lowest BCUT2D eigenvalue weighted by molar-refractivity contribution is -0.121. The standard InChI is InChI=1S/C22H28ClN3O4S/c1-30-20-10-4-2-8-17(20)19(26-14-6-7-15-26)16-24-22(27)12-13-25-31(28,29)21-11-5-3-9-18(21)23/h2-5,8-11,19,25H,6-7,12-16H2,1H3,(H,24,27). The van der Waals surface area contributed by atoms with Gasteiger partial charge in [-0.3, -0.25) is 9.69 Å². The number of benzene rings is 2. The Morgan fingerprint density at radius 2 is 1.81 bits per heavy atom. The van der Waals surface area contributed by atoms with Crippen molar-refractivity contribution in [1.29, 1.82) is 0 Å². The number of amides is 1. The fourth-order valence-corrected chi connectivity index (χ4v) is 5.32. The van der Waals surface area contributed by atoms with Crippen molar-refractivity contribution < 1.29 is 17.9 Å². The summed E-state index contributed by atoms with van der Waals surface area (Å²) in [4.78, 5) is 14.8. The van der Waals surface area contributed by atoms with Crippen LogP contribution in [-0.2, 0) is 14.8 Å². The van der Waals surface area contributed by atoms with Gasteiger partial charge < -0.3 is 10.1 Å². The van der Waals surface area contributed by atoms with Crippen molar-refractivity contribution in [3.63, 3.8) is 0 Å². The van der Waals surface area contributed by atoms with Gasteiger partial charge in [-0.2, -0.15) is 0 Å². The lowest BCUT2D eigenvalue weighted by atomic mass is 10.0. The Balaban J connectivity index is 1.57. The summed E-state index contributed by atoms with van der Waals surface area (Å²) < 4.78 is 32.7. The fraction of sp³-hybridized carbons (Fsp3) is 0.409. The summed E-state index contributed by atoms with van der Waals surface area (Å²) in [5, 5.41) is 3.09. The number of hydrogen-bond acceptors (Lipinski definition) is 5. The molecule has 1 aliphatic heterocycles. The molecule has 0 aliphatic carbocycles. The largest absolute Gasteiger partial charge is 0.496 e. The van der Waals surface area contributed by atoms with Crippen LogP contribution in [-0.4, -0.2) is 52.5 Å². The number of halogens is 1. The molecule has 1 fully saturated rings. The Morgan fingerprint density at radius 3 is 2.52 bits per heavy atom. The molecule has 2 N–H and O–H groups in total. The minimum atomic E-state index is -3.77. The first kappa shape index (κ1) is 23.5. The van der Waals surface area contributed by atoms with Crippen LogP contribution >= 0.6 is 11.6 Å². The molecule has 1 atom stereocenters. The van der Waals surface area contributed by atoms with Crippen LogP contribution < -0.4 is 14.8 Å². The Kier molecular flexibility index (Phi) is 8.31. The highest BCUT2D eigenvalue weighted by molar-refractivity contribution is 7.89. The Morgan fingerprint density at radius 1 is 1.13 bits per heavy atom. The van der Waals surface area contributed by atoms with Crippen LogP contribution in [0, 0.1) is 0 Å². The Hall–Kier alpha value is -2.13. The van der Waals surface area contributed by atoms with Crippen LogP contribution in [0.2, 0.25) is 5.02 Å². The van der Waals surface area contributed by atoms with Crippen LogP contribution in [0.5, 0.6) is 5.75 Å². The molecule has 1 heterocycles. The van der Waals surface area contributed by atoms with E-state index in [4.69, 9.17) is 16.3 Å². The van der Waals surface area contributed by atoms with Crippen molar-refractivity contribution in [1.82, 2.24) is 14.9 Å². The SMILES string of the molecule is COc1ccccc1C(CNC(=O)CCNS(=O)(=O)c1ccccc1Cl)N1CCCC1. The number of ether oxygens (including phenoxy) is 1. The number of methoxy groups -OCH3 is 1. The van der Waals surface area contributed by atoms with Gasteiger partial charge in [0.1, 0.15) is 10.6 Å². The van der Waals surface area contributed by atoms with E-state index in [-0.39, 0.29) is 34.8 Å². The van der Waals surface area contributed by atoms with Gasteiger partial charge in [-0.25, -0.2) is 13.1 Å². The molecule has 0 spiro atoms. The highest BCUT2D eigenvalue weighted by Crippen LogP contribution is 2.31. The molecular weight excluding hydrogens is 438 g/mol. The van der Waals surface area contributed by atoms with E-state index in [1.807, 2.05) is 24.3 Å². The molecule has 1 amide bonds. The smallest absolute Gasteiger partial charge is 0.242 e. The number of hydrogen-bond donors (Lipinski definition) is 2. The van der Waals surface area contributed by atoms with Crippen molar-refractivity contribution in [3.8, 4) is 5.75 Å². The highest BCUT2D eigenvalue weighted by atomic mass is 35.5. The molecule has 1 unspecified atom stereocenters. The molecule has 3 rings (SSSR count). The van der Waals surface area contributed by atoms with Crippen molar-refractivity contribution in [2.45, 2.75) is 30.2 Å². The normalized spacial score (nSPS) is 15.5. The predicted octanol–water partition coefficient (Wildman–Crippen LogP) is 2.97. The molecule has 0 bridgehead atoms. The minimum Gasteiger partial charge on any atom is -0.496 e. The topological polar surface area (TPSA) is 87.7 Å². The predicted molar refractivity (Wildman–Crippen MR) is 121 cm³/mol. The molecule has 2 aromatic carbocycles. The zero-order valence-corrected chi connectivity index (χ0v) is 19.1. The van der Waals surface area contributed by atoms with E-state index in [1.165, 1.54) is 12.1 Å². The van der Waals surface area contributed by atoms with Gasteiger partial charge in [-0.05, 0) is 44.1 Å². The second kappa shape index (κ2) is 10.9. The maximum absolute atomic E-state index is 12.4. The summed E-state index contributed by atoms with van der Waals surface area (Å²) >= 11 is 5.97. The van der Waals surface area contributed by atoms with E-state index in [0.717, 1.165) is 37.2 Å². The second-order valence-electron chi connectivity index (χ2n) is 7.38. The molecule has 31 heavy (non-hydrogen) atoms. The monoisotopic (exact) mass is 465 g/mol. The molecular formula is C22H28ClN3O4S. The summed E-state index contributed by atoms with van der Waals surface area (Å²) in [7, 11) is -2.13. The van der Waals surface area contributed by atoms with Gasteiger partial charge in [0.15, 0.2) is 0 Å². The molecule has 168 valence electrons. The van der Waals surface area contributed by atoms with E-state index in [0.29, 0.717) is 6.54 Å². The van der Waals surface area contributed by atoms with E-state index >= 15 is 0 Å². The van der Waals surface area contributed by atoms with Gasteiger partial charge in [0.2, 0.25) is 15.9 Å². The second-order valence-corrected chi connectivity index (χ2v) is 9.53. The van der Waals surface area contributed by atoms with Gasteiger partial charge >= 0.3 is 0 Å². The summed E-state index contributed by atoms with van der Waals surface area (Å²) in [5.74, 6) is 0.571. The molecule has 1 saturated heterocycles. The first-order valence-corrected chi connectivity index (χ1v) is 12.2. The van der Waals surface area contributed by atoms with E-state index in [2.05, 4.69) is 14.9 Å². The van der Waals surface area contributed by atoms with E-state index < -0.39 is 10.0 Å². The lowest BCUT2D eigenvalue weighted by Gasteiger charge is -2.29. The van der Waals surface area contributed by atoms with Gasteiger partial charge in [-0.1, -0.05) is 41.9 Å². The third kappa shape index (κ3) is 6.20. The van der Waals surface area contributed by atoms with Gasteiger partial charge in [-0.15, -0.1) is 0 Å². The zero-order valence-electron chi connectivity index (χ0n) is 17.5. The van der Waals surface area contributed by atoms with Crippen LogP contribution in [0.25, 0.3) is 0 Å². The summed E-state index contributed by atoms with van der Waals surface area (Å²) in [6.45, 7) is 2.35. The van der Waals surface area contributed by atoms with Crippen LogP contribution in [0.1, 0.15) is 30.9 Å². The molecule has 1 aliphatic rings. The van der Waals surface area contributed by atoms with Crippen molar-refractivity contribution in [3.05, 3.63) is 59.1 Å². The van der Waals surface area contributed by atoms with Gasteiger partial charge in [0, 0.05) is 25.1 Å². The van der Waals surface area contributed by atoms with Crippen LogP contribution in [0.3, 0.4) is 0 Å². The minimum absolute atomic E-state index is 0.00217. The summed E-state index contributed by atoms with van der Waals surface area (Å²) in [6, 6.07) is 14.0. The summed E-state index contributed by atoms with van der Waals surface area (Å²) in [6.07, 6.45) is 2.29. The van der Waals surface area contributed by atoms with Crippen LogP contribution in [0.4, 0.5) is 0 Å². The average Bonchev–Trinajstić information content (AvgIpc) is 3.29. The molecule has 0 aromatic heterocycles. The number of nitrogens with one attached hydrogen (secondary N) is 2. The van der Waals surface area contributed by atoms with E-state index in [9.17, 15) is 13.2 Å². The molecule has 7 nitrogen and oxygen atoms in total. The molecule has 0 saturated carbocycles. The fourth-order valence-electron chi connectivity index (χ4n) is 3.77. The number of likely N-dealkylation sites (tertiary alicyclic amines) is 1. The first-order chi connectivity index (χ1) is 14.9. The van der Waals surface area contributed by atoms with Crippen molar-refractivity contribution in [2.75, 3.05) is 33.3 Å². The van der Waals surface area contributed by atoms with Gasteiger partial charge in [0.25, 0.3) is 0 Å². The first-order valence-electron chi connectivity index (χ1n) is 10.3. The highest BCUT2D eigenvalue weighted by Gasteiger charge is 2.26. The lowest BCUT2D eigenvalue weighted by Crippen LogP contribution is -2.38. The molecule has 9 heteroatoms. The van der Waals surface area contributed by atoms with Crippen molar-refractivity contribution in [2.24, 2.45) is 0 Å². The summed E-state index contributed by atoms with van der Waals surface area (Å²) in [5.41, 5.74) is 1.03. The number of para-hydroxylation sites is 1. The third-order valence-corrected chi connectivity index (χ3v) is 7.30. The van der Waals surface area contributed by atoms with Crippen molar-refractivity contribution >= 4 is 27.5 Å². The van der Waals surface area contributed by atoms with E-state index in [1.54, 1.807) is 19.2 Å². The number of carbonyl (C=O) groups excluding carboxylic acids is 1. The quantitative estimate of drug-likeness (QED) is 0.563. The number of rotatable bonds is 10. The number of carbonyl (C=O) groups is 1. The number of sulfonamides is 1. The zero-order chi connectivity index (χ0) is 22.3. The maximum Gasteiger partial charge on any atom is 0.242 e. The molecule has 2 aromatic rings. The average molecular weight is 466 g/mol. The van der Waals surface area contributed by atoms with Gasteiger partial charge in [0.05, 0.1) is 18.2 Å².